The molecule has 1 heterocycles. The third kappa shape index (κ3) is 4.61. The van der Waals surface area contributed by atoms with Crippen molar-refractivity contribution in [3.63, 3.8) is 0 Å². The molecule has 0 radical (unpaired) electrons. The Morgan fingerprint density at radius 1 is 1.32 bits per heavy atom. The summed E-state index contributed by atoms with van der Waals surface area (Å²) in [6.07, 6.45) is 4.32. The fourth-order valence-corrected chi connectivity index (χ4v) is 2.59. The van der Waals surface area contributed by atoms with Crippen molar-refractivity contribution < 1.29 is 14.6 Å². The molecule has 5 heteroatoms. The van der Waals surface area contributed by atoms with Gasteiger partial charge in [0.25, 0.3) is 0 Å². The molecule has 0 aliphatic heterocycles. The van der Waals surface area contributed by atoms with E-state index in [-0.39, 0.29) is 0 Å². The van der Waals surface area contributed by atoms with Crippen LogP contribution >= 0.6 is 11.6 Å². The fourth-order valence-electron chi connectivity index (χ4n) is 2.38. The molecule has 0 amide bonds. The summed E-state index contributed by atoms with van der Waals surface area (Å²) in [4.78, 5) is 11.1. The number of aromatic nitrogens is 1. The number of carboxylic acid groups (broad SMARTS) is 1. The molecule has 0 unspecified atom stereocenters. The Kier molecular flexibility index (Phi) is 6.04. The molecule has 22 heavy (non-hydrogen) atoms. The van der Waals surface area contributed by atoms with Gasteiger partial charge in [-0.1, -0.05) is 23.7 Å². The van der Waals surface area contributed by atoms with Crippen LogP contribution in [0.25, 0.3) is 0 Å². The Balaban J connectivity index is 1.70. The fraction of sp³-hybridized carbons (Fsp3) is 0.353. The van der Waals surface area contributed by atoms with Crippen LogP contribution in [0.3, 0.4) is 0 Å². The van der Waals surface area contributed by atoms with Crippen molar-refractivity contribution in [2.75, 3.05) is 6.61 Å². The molecule has 2 aromatic rings. The van der Waals surface area contributed by atoms with Gasteiger partial charge in [-0.2, -0.15) is 0 Å². The normalized spacial score (nSPS) is 10.8. The molecule has 0 spiro atoms. The van der Waals surface area contributed by atoms with Crippen LogP contribution in [-0.4, -0.2) is 22.2 Å². The quantitative estimate of drug-likeness (QED) is 0.750. The molecule has 0 saturated heterocycles. The molecule has 0 saturated carbocycles. The highest BCUT2D eigenvalue weighted by atomic mass is 35.5. The van der Waals surface area contributed by atoms with Gasteiger partial charge in [0.2, 0.25) is 0 Å². The smallest absolute Gasteiger partial charge is 0.337 e. The number of carboxylic acids is 1. The molecule has 2 rings (SSSR count). The lowest BCUT2D eigenvalue weighted by molar-refractivity contribution is 0.0695. The number of aromatic carboxylic acids is 1. The monoisotopic (exact) mass is 321 g/mol. The first-order valence-corrected chi connectivity index (χ1v) is 7.65. The Labute approximate surface area is 135 Å². The predicted octanol–water partition coefficient (Wildman–Crippen LogP) is 3.92. The number of hydrogen-bond acceptors (Lipinski definition) is 2. The van der Waals surface area contributed by atoms with E-state index in [0.717, 1.165) is 30.5 Å². The van der Waals surface area contributed by atoms with Gasteiger partial charge in [-0.05, 0) is 43.0 Å². The molecule has 0 bridgehead atoms. The maximum atomic E-state index is 11.1. The number of carbonyl (C=O) groups is 1. The van der Waals surface area contributed by atoms with Crippen molar-refractivity contribution in [2.45, 2.75) is 25.9 Å². The van der Waals surface area contributed by atoms with E-state index >= 15 is 0 Å². The van der Waals surface area contributed by atoms with Crippen LogP contribution in [0.5, 0.6) is 0 Å². The van der Waals surface area contributed by atoms with Gasteiger partial charge in [-0.25, -0.2) is 4.79 Å². The van der Waals surface area contributed by atoms with Crippen molar-refractivity contribution in [3.8, 4) is 0 Å². The zero-order valence-corrected chi connectivity index (χ0v) is 13.3. The van der Waals surface area contributed by atoms with E-state index < -0.39 is 5.97 Å². The molecule has 0 fully saturated rings. The van der Waals surface area contributed by atoms with E-state index in [1.807, 2.05) is 35.9 Å². The SMILES string of the molecule is Cn1ccc(C(=O)O)c1CCCCOCc1cccc(Cl)c1. The van der Waals surface area contributed by atoms with E-state index in [2.05, 4.69) is 0 Å². The molecular formula is C17H20ClNO3. The minimum Gasteiger partial charge on any atom is -0.478 e. The summed E-state index contributed by atoms with van der Waals surface area (Å²) in [6.45, 7) is 1.20. The number of nitrogens with zero attached hydrogens (tertiary/aromatic N) is 1. The van der Waals surface area contributed by atoms with E-state index in [9.17, 15) is 4.79 Å². The lowest BCUT2D eigenvalue weighted by Crippen LogP contribution is -2.05. The van der Waals surface area contributed by atoms with Crippen LogP contribution in [0, 0.1) is 0 Å². The van der Waals surface area contributed by atoms with Gasteiger partial charge in [0.05, 0.1) is 12.2 Å². The van der Waals surface area contributed by atoms with E-state index in [1.165, 1.54) is 0 Å². The summed E-state index contributed by atoms with van der Waals surface area (Å²) in [5, 5.41) is 9.83. The van der Waals surface area contributed by atoms with Gasteiger partial charge in [0.15, 0.2) is 0 Å². The minimum atomic E-state index is -0.868. The Bertz CT molecular complexity index is 637. The topological polar surface area (TPSA) is 51.5 Å². The molecule has 118 valence electrons. The van der Waals surface area contributed by atoms with Crippen LogP contribution in [0.15, 0.2) is 36.5 Å². The van der Waals surface area contributed by atoms with Crippen LogP contribution in [-0.2, 0) is 24.8 Å². The third-order valence-corrected chi connectivity index (χ3v) is 3.78. The van der Waals surface area contributed by atoms with E-state index in [0.29, 0.717) is 23.8 Å². The zero-order chi connectivity index (χ0) is 15.9. The summed E-state index contributed by atoms with van der Waals surface area (Å²) in [6, 6.07) is 9.27. The number of halogens is 1. The molecule has 1 aromatic carbocycles. The molecule has 0 aliphatic carbocycles. The third-order valence-electron chi connectivity index (χ3n) is 3.54. The van der Waals surface area contributed by atoms with E-state index in [4.69, 9.17) is 21.4 Å². The summed E-state index contributed by atoms with van der Waals surface area (Å²) >= 11 is 5.91. The highest BCUT2D eigenvalue weighted by Gasteiger charge is 2.12. The number of aryl methyl sites for hydroxylation is 1. The molecule has 0 aliphatic rings. The van der Waals surface area contributed by atoms with Crippen molar-refractivity contribution in [2.24, 2.45) is 7.05 Å². The van der Waals surface area contributed by atoms with Crippen LogP contribution in [0.4, 0.5) is 0 Å². The number of rotatable bonds is 8. The highest BCUT2D eigenvalue weighted by Crippen LogP contribution is 2.14. The van der Waals surface area contributed by atoms with Crippen molar-refractivity contribution in [1.82, 2.24) is 4.57 Å². The van der Waals surface area contributed by atoms with Crippen molar-refractivity contribution in [1.29, 1.82) is 0 Å². The molecule has 1 N–H and O–H groups in total. The Morgan fingerprint density at radius 3 is 2.86 bits per heavy atom. The van der Waals surface area contributed by atoms with Crippen molar-refractivity contribution >= 4 is 17.6 Å². The second-order valence-corrected chi connectivity index (χ2v) is 5.67. The van der Waals surface area contributed by atoms with Crippen LogP contribution < -0.4 is 0 Å². The first-order chi connectivity index (χ1) is 10.6. The summed E-state index contributed by atoms with van der Waals surface area (Å²) in [7, 11) is 1.87. The second-order valence-electron chi connectivity index (χ2n) is 5.23. The van der Waals surface area contributed by atoms with E-state index in [1.54, 1.807) is 12.3 Å². The van der Waals surface area contributed by atoms with Crippen molar-refractivity contribution in [3.05, 3.63) is 58.4 Å². The van der Waals surface area contributed by atoms with Gasteiger partial charge in [0, 0.05) is 30.6 Å². The lowest BCUT2D eigenvalue weighted by atomic mass is 10.1. The van der Waals surface area contributed by atoms with Gasteiger partial charge >= 0.3 is 5.97 Å². The summed E-state index contributed by atoms with van der Waals surface area (Å²) < 4.78 is 7.49. The second kappa shape index (κ2) is 8.01. The van der Waals surface area contributed by atoms with Crippen LogP contribution in [0.2, 0.25) is 5.02 Å². The molecular weight excluding hydrogens is 302 g/mol. The first-order valence-electron chi connectivity index (χ1n) is 7.27. The molecule has 0 atom stereocenters. The largest absolute Gasteiger partial charge is 0.478 e. The highest BCUT2D eigenvalue weighted by molar-refractivity contribution is 6.30. The van der Waals surface area contributed by atoms with Gasteiger partial charge in [0.1, 0.15) is 0 Å². The number of benzene rings is 1. The average molecular weight is 322 g/mol. The number of hydrogen-bond donors (Lipinski definition) is 1. The molecule has 4 nitrogen and oxygen atoms in total. The Morgan fingerprint density at radius 2 is 2.14 bits per heavy atom. The van der Waals surface area contributed by atoms with Crippen LogP contribution in [0.1, 0.15) is 34.5 Å². The minimum absolute atomic E-state index is 0.391. The maximum absolute atomic E-state index is 11.1. The maximum Gasteiger partial charge on any atom is 0.337 e. The number of unbranched alkanes of at least 4 members (excludes halogenated alkanes) is 1. The summed E-state index contributed by atoms with van der Waals surface area (Å²) in [5.74, 6) is -0.868. The number of ether oxygens (including phenoxy) is 1. The average Bonchev–Trinajstić information content (AvgIpc) is 2.84. The summed E-state index contributed by atoms with van der Waals surface area (Å²) in [5.41, 5.74) is 2.31. The standard InChI is InChI=1S/C17H20ClNO3/c1-19-9-8-15(17(20)21)16(19)7-2-3-10-22-12-13-5-4-6-14(18)11-13/h4-6,8-9,11H,2-3,7,10,12H2,1H3,(H,20,21). The molecule has 1 aromatic heterocycles. The first kappa shape index (κ1) is 16.6. The van der Waals surface area contributed by atoms with Gasteiger partial charge < -0.3 is 14.4 Å². The van der Waals surface area contributed by atoms with Gasteiger partial charge in [-0.15, -0.1) is 0 Å². The Hall–Kier alpha value is -1.78. The lowest BCUT2D eigenvalue weighted by Gasteiger charge is -2.07. The zero-order valence-electron chi connectivity index (χ0n) is 12.6. The predicted molar refractivity (Wildman–Crippen MR) is 86.4 cm³/mol. The van der Waals surface area contributed by atoms with Gasteiger partial charge in [-0.3, -0.25) is 0 Å².